The van der Waals surface area contributed by atoms with E-state index in [4.69, 9.17) is 0 Å². The highest BCUT2D eigenvalue weighted by atomic mass is 32.2. The molecule has 2 rings (SSSR count). The number of benzene rings is 1. The van der Waals surface area contributed by atoms with Gasteiger partial charge in [0.15, 0.2) is 9.84 Å². The van der Waals surface area contributed by atoms with Crippen molar-refractivity contribution in [2.75, 3.05) is 6.26 Å². The molecule has 5 heteroatoms. The molecule has 0 amide bonds. The Hall–Kier alpha value is -1.62. The molecule has 0 spiro atoms. The normalized spacial score (nSPS) is 11.6. The first kappa shape index (κ1) is 10.9. The van der Waals surface area contributed by atoms with Gasteiger partial charge in [-0.1, -0.05) is 0 Å². The molecule has 16 heavy (non-hydrogen) atoms. The maximum absolute atomic E-state index is 13.7. The summed E-state index contributed by atoms with van der Waals surface area (Å²) >= 11 is 0. The molecule has 1 heterocycles. The van der Waals surface area contributed by atoms with Crippen LogP contribution in [0, 0.1) is 5.82 Å². The lowest BCUT2D eigenvalue weighted by Crippen LogP contribution is -2.00. The van der Waals surface area contributed by atoms with Crippen molar-refractivity contribution in [2.45, 2.75) is 4.90 Å². The van der Waals surface area contributed by atoms with E-state index < -0.39 is 15.7 Å². The van der Waals surface area contributed by atoms with E-state index in [1.807, 2.05) is 0 Å². The van der Waals surface area contributed by atoms with Crippen LogP contribution in [0.4, 0.5) is 4.39 Å². The van der Waals surface area contributed by atoms with Gasteiger partial charge in [-0.05, 0) is 30.3 Å². The van der Waals surface area contributed by atoms with Gasteiger partial charge < -0.3 is 4.57 Å². The average molecular weight is 239 g/mol. The van der Waals surface area contributed by atoms with Crippen molar-refractivity contribution in [3.63, 3.8) is 0 Å². The third kappa shape index (κ3) is 1.99. The summed E-state index contributed by atoms with van der Waals surface area (Å²) in [5.41, 5.74) is 0.331. The predicted molar refractivity (Wildman–Crippen MR) is 58.8 cm³/mol. The zero-order chi connectivity index (χ0) is 11.8. The lowest BCUT2D eigenvalue weighted by Gasteiger charge is -2.06. The van der Waals surface area contributed by atoms with Gasteiger partial charge in [0.05, 0.1) is 10.6 Å². The van der Waals surface area contributed by atoms with Crippen LogP contribution in [-0.4, -0.2) is 19.2 Å². The molecule has 0 aliphatic carbocycles. The number of aromatic nitrogens is 1. The third-order valence-electron chi connectivity index (χ3n) is 2.23. The van der Waals surface area contributed by atoms with Crippen molar-refractivity contribution in [1.29, 1.82) is 0 Å². The average Bonchev–Trinajstić information content (AvgIpc) is 2.69. The molecule has 0 saturated heterocycles. The second-order valence-electron chi connectivity index (χ2n) is 3.48. The Labute approximate surface area is 93.1 Å². The zero-order valence-corrected chi connectivity index (χ0v) is 9.41. The summed E-state index contributed by atoms with van der Waals surface area (Å²) in [7, 11) is -3.36. The van der Waals surface area contributed by atoms with E-state index in [1.165, 1.54) is 12.1 Å². The van der Waals surface area contributed by atoms with E-state index >= 15 is 0 Å². The van der Waals surface area contributed by atoms with Crippen LogP contribution >= 0.6 is 0 Å². The second-order valence-corrected chi connectivity index (χ2v) is 5.49. The molecule has 0 fully saturated rings. The molecule has 2 aromatic rings. The number of nitrogens with zero attached hydrogens (tertiary/aromatic N) is 1. The number of sulfone groups is 1. The number of halogens is 1. The van der Waals surface area contributed by atoms with Crippen molar-refractivity contribution >= 4 is 9.84 Å². The highest BCUT2D eigenvalue weighted by Crippen LogP contribution is 2.18. The van der Waals surface area contributed by atoms with E-state index in [9.17, 15) is 12.8 Å². The van der Waals surface area contributed by atoms with Gasteiger partial charge in [-0.25, -0.2) is 12.8 Å². The van der Waals surface area contributed by atoms with Crippen molar-refractivity contribution in [3.05, 3.63) is 48.5 Å². The Kier molecular flexibility index (Phi) is 2.55. The van der Waals surface area contributed by atoms with E-state index in [0.29, 0.717) is 5.69 Å². The summed E-state index contributed by atoms with van der Waals surface area (Å²) in [6, 6.07) is 7.41. The van der Waals surface area contributed by atoms with E-state index in [1.54, 1.807) is 29.1 Å². The van der Waals surface area contributed by atoms with Gasteiger partial charge in [-0.2, -0.15) is 0 Å². The summed E-state index contributed by atoms with van der Waals surface area (Å²) in [4.78, 5) is -0.0130. The Morgan fingerprint density at radius 3 is 2.31 bits per heavy atom. The molecule has 0 aliphatic rings. The van der Waals surface area contributed by atoms with Crippen LogP contribution in [0.25, 0.3) is 5.69 Å². The fourth-order valence-corrected chi connectivity index (χ4v) is 2.06. The van der Waals surface area contributed by atoms with Crippen LogP contribution in [0.15, 0.2) is 47.6 Å². The largest absolute Gasteiger partial charge is 0.321 e. The third-order valence-corrected chi connectivity index (χ3v) is 3.34. The fraction of sp³-hybridized carbons (Fsp3) is 0.0909. The van der Waals surface area contributed by atoms with Crippen LogP contribution in [0.2, 0.25) is 0 Å². The summed E-state index contributed by atoms with van der Waals surface area (Å²) in [5, 5.41) is 0. The molecule has 0 bridgehead atoms. The van der Waals surface area contributed by atoms with E-state index in [2.05, 4.69) is 0 Å². The Morgan fingerprint density at radius 1 is 1.19 bits per heavy atom. The molecule has 0 atom stereocenters. The SMILES string of the molecule is CS(=O)(=O)c1ccc(-n2cccc2)c(F)c1. The fourth-order valence-electron chi connectivity index (χ4n) is 1.42. The van der Waals surface area contributed by atoms with Crippen LogP contribution in [0.1, 0.15) is 0 Å². The standard InChI is InChI=1S/C11H10FNO2S/c1-16(14,15)9-4-5-11(10(12)8-9)13-6-2-3-7-13/h2-8H,1H3. The van der Waals surface area contributed by atoms with Gasteiger partial charge >= 0.3 is 0 Å². The predicted octanol–water partition coefficient (Wildman–Crippen LogP) is 2.02. The number of rotatable bonds is 2. The molecule has 84 valence electrons. The van der Waals surface area contributed by atoms with E-state index in [-0.39, 0.29) is 4.90 Å². The quantitative estimate of drug-likeness (QED) is 0.804. The highest BCUT2D eigenvalue weighted by molar-refractivity contribution is 7.90. The van der Waals surface area contributed by atoms with Crippen LogP contribution in [0.3, 0.4) is 0 Å². The van der Waals surface area contributed by atoms with Gasteiger partial charge in [-0.3, -0.25) is 0 Å². The molecule has 0 unspecified atom stereocenters. The summed E-state index contributed by atoms with van der Waals surface area (Å²) < 4.78 is 37.7. The van der Waals surface area contributed by atoms with Gasteiger partial charge in [0.25, 0.3) is 0 Å². The van der Waals surface area contributed by atoms with Gasteiger partial charge in [0.2, 0.25) is 0 Å². The molecule has 0 radical (unpaired) electrons. The molecular weight excluding hydrogens is 229 g/mol. The molecule has 0 saturated carbocycles. The molecule has 1 aromatic carbocycles. The molecule has 1 aromatic heterocycles. The first-order chi connectivity index (χ1) is 7.48. The maximum Gasteiger partial charge on any atom is 0.175 e. The zero-order valence-electron chi connectivity index (χ0n) is 8.59. The van der Waals surface area contributed by atoms with Crippen molar-refractivity contribution in [2.24, 2.45) is 0 Å². The molecule has 0 N–H and O–H groups in total. The number of hydrogen-bond donors (Lipinski definition) is 0. The lowest BCUT2D eigenvalue weighted by atomic mass is 10.3. The second kappa shape index (κ2) is 3.75. The van der Waals surface area contributed by atoms with Gasteiger partial charge in [-0.15, -0.1) is 0 Å². The van der Waals surface area contributed by atoms with Gasteiger partial charge in [0, 0.05) is 18.6 Å². The summed E-state index contributed by atoms with van der Waals surface area (Å²) in [6.07, 6.45) is 4.44. The van der Waals surface area contributed by atoms with Crippen molar-refractivity contribution in [3.8, 4) is 5.69 Å². The van der Waals surface area contributed by atoms with Gasteiger partial charge in [0.1, 0.15) is 5.82 Å². The minimum absolute atomic E-state index is 0.0130. The highest BCUT2D eigenvalue weighted by Gasteiger charge is 2.11. The summed E-state index contributed by atoms with van der Waals surface area (Å²) in [6.45, 7) is 0. The van der Waals surface area contributed by atoms with Crippen LogP contribution in [0.5, 0.6) is 0 Å². The monoisotopic (exact) mass is 239 g/mol. The summed E-state index contributed by atoms with van der Waals surface area (Å²) in [5.74, 6) is -0.556. The molecule has 3 nitrogen and oxygen atoms in total. The maximum atomic E-state index is 13.7. The molecule has 0 aliphatic heterocycles. The first-order valence-corrected chi connectivity index (χ1v) is 6.50. The van der Waals surface area contributed by atoms with Crippen molar-refractivity contribution in [1.82, 2.24) is 4.57 Å². The lowest BCUT2D eigenvalue weighted by molar-refractivity contribution is 0.593. The number of hydrogen-bond acceptors (Lipinski definition) is 2. The van der Waals surface area contributed by atoms with Crippen LogP contribution < -0.4 is 0 Å². The van der Waals surface area contributed by atoms with Crippen molar-refractivity contribution < 1.29 is 12.8 Å². The van der Waals surface area contributed by atoms with E-state index in [0.717, 1.165) is 12.3 Å². The Balaban J connectivity index is 2.54. The Bertz CT molecular complexity index is 603. The smallest absolute Gasteiger partial charge is 0.175 e. The topological polar surface area (TPSA) is 39.1 Å². The first-order valence-electron chi connectivity index (χ1n) is 4.61. The minimum atomic E-state index is -3.36. The Morgan fingerprint density at radius 2 is 1.81 bits per heavy atom. The minimum Gasteiger partial charge on any atom is -0.321 e. The molecular formula is C11H10FNO2S. The van der Waals surface area contributed by atoms with Crippen LogP contribution in [-0.2, 0) is 9.84 Å².